The quantitative estimate of drug-likeness (QED) is 0.373. The molecule has 1 aromatic rings. The van der Waals surface area contributed by atoms with Crippen molar-refractivity contribution in [3.8, 4) is 0 Å². The third-order valence-electron chi connectivity index (χ3n) is 6.84. The standard InChI is InChI=1S/C27H44N2O5/c1-6-7-14-28-27(32)29(21(5)19(2)3)15-16-33-23-12-9-13-24(17-23)34-18-22-11-8-10-20(4)25(22)26(30)31/h8,10-11,19,21,23-24H,6-7,9,12-18H2,1-5H3,(H,28,32)(H,30,31)/t21?,23-,24+/m0/s1. The lowest BCUT2D eigenvalue weighted by Gasteiger charge is -2.33. The third-order valence-corrected chi connectivity index (χ3v) is 6.84. The van der Waals surface area contributed by atoms with E-state index in [0.29, 0.717) is 36.7 Å². The molecule has 0 spiro atoms. The molecule has 1 fully saturated rings. The number of aromatic carboxylic acids is 1. The van der Waals surface area contributed by atoms with Crippen molar-refractivity contribution in [3.63, 3.8) is 0 Å². The van der Waals surface area contributed by atoms with Gasteiger partial charge in [-0.25, -0.2) is 9.59 Å². The zero-order chi connectivity index (χ0) is 25.1. The minimum atomic E-state index is -0.916. The fraction of sp³-hybridized carbons (Fsp3) is 0.704. The third kappa shape index (κ3) is 8.58. The van der Waals surface area contributed by atoms with Gasteiger partial charge in [-0.3, -0.25) is 0 Å². The van der Waals surface area contributed by atoms with Crippen LogP contribution in [0.4, 0.5) is 4.79 Å². The monoisotopic (exact) mass is 476 g/mol. The lowest BCUT2D eigenvalue weighted by Crippen LogP contribution is -2.49. The van der Waals surface area contributed by atoms with Crippen LogP contribution in [0, 0.1) is 12.8 Å². The molecule has 34 heavy (non-hydrogen) atoms. The summed E-state index contributed by atoms with van der Waals surface area (Å²) in [7, 11) is 0. The highest BCUT2D eigenvalue weighted by Gasteiger charge is 2.26. The molecule has 1 aliphatic rings. The average molecular weight is 477 g/mol. The lowest BCUT2D eigenvalue weighted by molar-refractivity contribution is -0.0536. The highest BCUT2D eigenvalue weighted by atomic mass is 16.5. The zero-order valence-electron chi connectivity index (χ0n) is 21.6. The maximum absolute atomic E-state index is 12.7. The summed E-state index contributed by atoms with van der Waals surface area (Å²) in [6.45, 7) is 12.3. The number of hydrogen-bond acceptors (Lipinski definition) is 4. The second kappa shape index (κ2) is 14.3. The van der Waals surface area contributed by atoms with Crippen molar-refractivity contribution < 1.29 is 24.2 Å². The predicted molar refractivity (Wildman–Crippen MR) is 134 cm³/mol. The van der Waals surface area contributed by atoms with E-state index in [4.69, 9.17) is 9.47 Å². The van der Waals surface area contributed by atoms with Crippen LogP contribution in [0.5, 0.6) is 0 Å². The fourth-order valence-corrected chi connectivity index (χ4v) is 4.41. The summed E-state index contributed by atoms with van der Waals surface area (Å²) in [5.74, 6) is -0.554. The van der Waals surface area contributed by atoms with Crippen molar-refractivity contribution in [1.82, 2.24) is 10.2 Å². The zero-order valence-corrected chi connectivity index (χ0v) is 21.6. The van der Waals surface area contributed by atoms with Gasteiger partial charge in [0.05, 0.1) is 31.0 Å². The van der Waals surface area contributed by atoms with Crippen LogP contribution in [-0.2, 0) is 16.1 Å². The molecule has 2 rings (SSSR count). The molecule has 0 heterocycles. The summed E-state index contributed by atoms with van der Waals surface area (Å²) < 4.78 is 12.3. The molecule has 1 unspecified atom stereocenters. The molecule has 0 aliphatic heterocycles. The van der Waals surface area contributed by atoms with E-state index < -0.39 is 5.97 Å². The van der Waals surface area contributed by atoms with Gasteiger partial charge in [0, 0.05) is 19.1 Å². The molecule has 0 bridgehead atoms. The summed E-state index contributed by atoms with van der Waals surface area (Å²) >= 11 is 0. The lowest BCUT2D eigenvalue weighted by atomic mass is 9.94. The molecule has 1 aliphatic carbocycles. The number of nitrogens with one attached hydrogen (secondary N) is 1. The molecule has 0 aromatic heterocycles. The first kappa shape index (κ1) is 28.1. The second-order valence-electron chi connectivity index (χ2n) is 9.77. The normalized spacial score (nSPS) is 19.1. The van der Waals surface area contributed by atoms with Crippen LogP contribution >= 0.6 is 0 Å². The fourth-order valence-electron chi connectivity index (χ4n) is 4.41. The Morgan fingerprint density at radius 3 is 2.53 bits per heavy atom. The molecule has 192 valence electrons. The topological polar surface area (TPSA) is 88.1 Å². The van der Waals surface area contributed by atoms with Crippen molar-refractivity contribution in [2.45, 2.75) is 98.0 Å². The van der Waals surface area contributed by atoms with E-state index in [1.807, 2.05) is 30.0 Å². The van der Waals surface area contributed by atoms with E-state index in [1.54, 1.807) is 0 Å². The number of hydrogen-bond donors (Lipinski definition) is 2. The second-order valence-corrected chi connectivity index (χ2v) is 9.77. The van der Waals surface area contributed by atoms with E-state index in [0.717, 1.165) is 44.1 Å². The average Bonchev–Trinajstić information content (AvgIpc) is 2.80. The number of carbonyl (C=O) groups is 2. The molecule has 7 nitrogen and oxygen atoms in total. The van der Waals surface area contributed by atoms with Gasteiger partial charge in [0.25, 0.3) is 0 Å². The van der Waals surface area contributed by atoms with Crippen LogP contribution in [0.1, 0.15) is 87.7 Å². The van der Waals surface area contributed by atoms with Crippen LogP contribution in [0.15, 0.2) is 18.2 Å². The number of carboxylic acid groups (broad SMARTS) is 1. The summed E-state index contributed by atoms with van der Waals surface area (Å²) in [5, 5.41) is 12.6. The van der Waals surface area contributed by atoms with E-state index in [-0.39, 0.29) is 30.9 Å². The SMILES string of the molecule is CCCCNC(=O)N(CCO[C@H]1CCC[C@@H](OCc2cccc(C)c2C(=O)O)C1)C(C)C(C)C. The Morgan fingerprint density at radius 2 is 1.88 bits per heavy atom. The van der Waals surface area contributed by atoms with Crippen molar-refractivity contribution in [2.24, 2.45) is 5.92 Å². The number of urea groups is 1. The summed E-state index contributed by atoms with van der Waals surface area (Å²) in [5.41, 5.74) is 1.79. The highest BCUT2D eigenvalue weighted by Crippen LogP contribution is 2.25. The van der Waals surface area contributed by atoms with Gasteiger partial charge in [-0.15, -0.1) is 0 Å². The summed E-state index contributed by atoms with van der Waals surface area (Å²) in [6, 6.07) is 5.62. The molecule has 3 atom stereocenters. The number of rotatable bonds is 13. The van der Waals surface area contributed by atoms with Crippen LogP contribution < -0.4 is 5.32 Å². The first-order valence-electron chi connectivity index (χ1n) is 12.8. The Balaban J connectivity index is 1.85. The van der Waals surface area contributed by atoms with Crippen LogP contribution in [0.2, 0.25) is 0 Å². The number of ether oxygens (including phenoxy) is 2. The molecule has 1 saturated carbocycles. The van der Waals surface area contributed by atoms with Crippen molar-refractivity contribution >= 4 is 12.0 Å². The van der Waals surface area contributed by atoms with Gasteiger partial charge < -0.3 is 24.8 Å². The molecule has 0 radical (unpaired) electrons. The van der Waals surface area contributed by atoms with Gasteiger partial charge in [0.1, 0.15) is 0 Å². The Labute approximate surface area is 205 Å². The maximum atomic E-state index is 12.7. The minimum absolute atomic E-state index is 0.0181. The smallest absolute Gasteiger partial charge is 0.336 e. The molecule has 0 saturated heterocycles. The summed E-state index contributed by atoms with van der Waals surface area (Å²) in [6.07, 6.45) is 5.90. The summed E-state index contributed by atoms with van der Waals surface area (Å²) in [4.78, 5) is 26.2. The minimum Gasteiger partial charge on any atom is -0.478 e. The van der Waals surface area contributed by atoms with Gasteiger partial charge in [-0.1, -0.05) is 45.4 Å². The molecule has 2 amide bonds. The Bertz CT molecular complexity index is 782. The Kier molecular flexibility index (Phi) is 11.8. The van der Waals surface area contributed by atoms with Gasteiger partial charge in [-0.2, -0.15) is 0 Å². The van der Waals surface area contributed by atoms with Crippen LogP contribution in [0.3, 0.4) is 0 Å². The molecule has 1 aromatic carbocycles. The van der Waals surface area contributed by atoms with Crippen molar-refractivity contribution in [3.05, 3.63) is 34.9 Å². The molecular formula is C27H44N2O5. The molecule has 7 heteroatoms. The number of amides is 2. The van der Waals surface area contributed by atoms with E-state index in [9.17, 15) is 14.7 Å². The number of carboxylic acids is 1. The van der Waals surface area contributed by atoms with Gasteiger partial charge in [-0.05, 0) is 63.0 Å². The van der Waals surface area contributed by atoms with Crippen molar-refractivity contribution in [2.75, 3.05) is 19.7 Å². The van der Waals surface area contributed by atoms with E-state index in [1.165, 1.54) is 0 Å². The number of benzene rings is 1. The maximum Gasteiger partial charge on any atom is 0.336 e. The Hall–Kier alpha value is -2.12. The highest BCUT2D eigenvalue weighted by molar-refractivity contribution is 5.91. The first-order valence-corrected chi connectivity index (χ1v) is 12.8. The number of unbranched alkanes of at least 4 members (excludes halogenated alkanes) is 1. The Morgan fingerprint density at radius 1 is 1.18 bits per heavy atom. The number of aryl methyl sites for hydroxylation is 1. The van der Waals surface area contributed by atoms with Crippen LogP contribution in [0.25, 0.3) is 0 Å². The molecular weight excluding hydrogens is 432 g/mol. The van der Waals surface area contributed by atoms with Gasteiger partial charge >= 0.3 is 12.0 Å². The van der Waals surface area contributed by atoms with Gasteiger partial charge in [0.2, 0.25) is 0 Å². The van der Waals surface area contributed by atoms with Gasteiger partial charge in [0.15, 0.2) is 0 Å². The largest absolute Gasteiger partial charge is 0.478 e. The van der Waals surface area contributed by atoms with Crippen molar-refractivity contribution in [1.29, 1.82) is 0 Å². The molecule has 2 N–H and O–H groups in total. The predicted octanol–water partition coefficient (Wildman–Crippen LogP) is 5.39. The van der Waals surface area contributed by atoms with E-state index in [2.05, 4.69) is 33.0 Å². The van der Waals surface area contributed by atoms with Crippen LogP contribution in [-0.4, -0.2) is 60.0 Å². The van der Waals surface area contributed by atoms with E-state index >= 15 is 0 Å². The number of nitrogens with zero attached hydrogens (tertiary/aromatic N) is 1. The number of carbonyl (C=O) groups excluding carboxylic acids is 1. The first-order chi connectivity index (χ1) is 16.2.